The number of hydrogen-bond donors (Lipinski definition) is 0. The fraction of sp³-hybridized carbons (Fsp3) is 0.750. The van der Waals surface area contributed by atoms with Crippen LogP contribution in [0.1, 0.15) is 38.5 Å². The van der Waals surface area contributed by atoms with E-state index in [1.54, 1.807) is 23.5 Å². The summed E-state index contributed by atoms with van der Waals surface area (Å²) in [5, 5.41) is 0. The molecule has 7 heteroatoms. The van der Waals surface area contributed by atoms with E-state index >= 15 is 0 Å². The van der Waals surface area contributed by atoms with Gasteiger partial charge in [-0.05, 0) is 0 Å². The van der Waals surface area contributed by atoms with E-state index in [0.717, 1.165) is 21.2 Å². The molecule has 0 aromatic rings. The van der Waals surface area contributed by atoms with E-state index in [9.17, 15) is 0 Å². The van der Waals surface area contributed by atoms with Crippen LogP contribution in [-0.2, 0) is 0 Å². The Morgan fingerprint density at radius 2 is 1.30 bits per heavy atom. The van der Waals surface area contributed by atoms with Crippen molar-refractivity contribution < 1.29 is 0 Å². The fourth-order valence-corrected chi connectivity index (χ4v) is 10.7. The summed E-state index contributed by atoms with van der Waals surface area (Å²) in [6.45, 7) is 0. The van der Waals surface area contributed by atoms with Gasteiger partial charge in [0.2, 0.25) is 0 Å². The molecule has 2 aliphatic carbocycles. The molecular formula is C16H26N2S4Sn. The van der Waals surface area contributed by atoms with Gasteiger partial charge >= 0.3 is 166 Å². The fourth-order valence-electron chi connectivity index (χ4n) is 3.44. The van der Waals surface area contributed by atoms with Crippen LogP contribution in [0, 0.1) is 11.8 Å². The molecule has 0 heterocycles. The van der Waals surface area contributed by atoms with E-state index in [4.69, 9.17) is 30.9 Å². The Hall–Kier alpha value is 1.02. The zero-order chi connectivity index (χ0) is 17.0. The summed E-state index contributed by atoms with van der Waals surface area (Å²) in [6.07, 6.45) is 11.2. The molecule has 2 rings (SSSR count). The standard InChI is InChI=1S/2C7H10NS2.2CH3.Sn/c2*1-10-7(9)5-3-2-4-6(5)8;;;/h2*5H,2-4H2,1H3;2*1H3;/q2*-1;;;+2. The van der Waals surface area contributed by atoms with Crippen LogP contribution in [0.15, 0.2) is 6.43 Å². The van der Waals surface area contributed by atoms with E-state index in [2.05, 4.69) is 22.4 Å². The number of nitrogens with zero attached hydrogens (tertiary/aromatic N) is 2. The zero-order valence-corrected chi connectivity index (χ0v) is 20.5. The third-order valence-electron chi connectivity index (χ3n) is 4.46. The van der Waals surface area contributed by atoms with Gasteiger partial charge in [0.05, 0.1) is 0 Å². The summed E-state index contributed by atoms with van der Waals surface area (Å²) in [4.78, 5) is 4.65. The summed E-state index contributed by atoms with van der Waals surface area (Å²) in [6, 6.07) is 0. The third-order valence-corrected chi connectivity index (χ3v) is 12.2. The molecule has 2 saturated carbocycles. The van der Waals surface area contributed by atoms with Gasteiger partial charge in [0.1, 0.15) is 0 Å². The van der Waals surface area contributed by atoms with Crippen LogP contribution in [0.5, 0.6) is 0 Å². The molecule has 0 aromatic carbocycles. The Kier molecular flexibility index (Phi) is 8.04. The molecule has 2 aliphatic rings. The maximum atomic E-state index is 5.54. The van der Waals surface area contributed by atoms with Gasteiger partial charge in [0.15, 0.2) is 0 Å². The van der Waals surface area contributed by atoms with Crippen molar-refractivity contribution in [1.29, 1.82) is 0 Å². The molecule has 0 bridgehead atoms. The van der Waals surface area contributed by atoms with Gasteiger partial charge in [-0.25, -0.2) is 0 Å². The van der Waals surface area contributed by atoms with Gasteiger partial charge in [-0.2, -0.15) is 0 Å². The molecule has 0 saturated heterocycles. The molecule has 2 atom stereocenters. The molecule has 0 spiro atoms. The SMILES string of the molecule is CSC(=S)C1CCCC1=[N][Sn]([CH3])([CH3])[N]=C1CCCC1C(=S)SC. The predicted octanol–water partition coefficient (Wildman–Crippen LogP) is 5.55. The van der Waals surface area contributed by atoms with Crippen molar-refractivity contribution in [2.75, 3.05) is 12.5 Å². The molecule has 0 aromatic heterocycles. The normalized spacial score (nSPS) is 28.7. The third kappa shape index (κ3) is 5.50. The van der Waals surface area contributed by atoms with Crippen LogP contribution >= 0.6 is 48.0 Å². The summed E-state index contributed by atoms with van der Waals surface area (Å²) in [5.74, 6) is 0.839. The van der Waals surface area contributed by atoms with Gasteiger partial charge in [-0.1, -0.05) is 0 Å². The zero-order valence-electron chi connectivity index (χ0n) is 14.4. The first-order chi connectivity index (χ1) is 10.9. The van der Waals surface area contributed by atoms with Crippen molar-refractivity contribution in [3.05, 3.63) is 0 Å². The minimum atomic E-state index is -2.81. The van der Waals surface area contributed by atoms with Crippen LogP contribution in [0.2, 0.25) is 9.88 Å². The van der Waals surface area contributed by atoms with Crippen molar-refractivity contribution in [1.82, 2.24) is 0 Å². The Balaban J connectivity index is 2.20. The molecule has 0 N–H and O–H groups in total. The maximum absolute atomic E-state index is 5.54. The topological polar surface area (TPSA) is 24.7 Å². The quantitative estimate of drug-likeness (QED) is 0.379. The van der Waals surface area contributed by atoms with Gasteiger partial charge in [-0.3, -0.25) is 0 Å². The van der Waals surface area contributed by atoms with Crippen LogP contribution in [0.3, 0.4) is 0 Å². The summed E-state index contributed by atoms with van der Waals surface area (Å²) in [5.41, 5.74) is 2.69. The Morgan fingerprint density at radius 3 is 1.65 bits per heavy atom. The second-order valence-corrected chi connectivity index (χ2v) is 19.5. The van der Waals surface area contributed by atoms with E-state index in [-0.39, 0.29) is 0 Å². The monoisotopic (exact) mass is 494 g/mol. The average molecular weight is 493 g/mol. The van der Waals surface area contributed by atoms with Gasteiger partial charge in [-0.15, -0.1) is 0 Å². The van der Waals surface area contributed by atoms with Crippen LogP contribution in [0.4, 0.5) is 0 Å². The molecule has 23 heavy (non-hydrogen) atoms. The first-order valence-electron chi connectivity index (χ1n) is 8.21. The van der Waals surface area contributed by atoms with E-state index < -0.39 is 18.9 Å². The summed E-state index contributed by atoms with van der Waals surface area (Å²) in [7, 11) is 0. The molecule has 2 fully saturated rings. The number of thiocarbonyl (C=S) groups is 2. The van der Waals surface area contributed by atoms with Gasteiger partial charge < -0.3 is 0 Å². The summed E-state index contributed by atoms with van der Waals surface area (Å²) < 4.78 is 12.7. The number of rotatable bonds is 4. The van der Waals surface area contributed by atoms with Crippen molar-refractivity contribution in [3.8, 4) is 0 Å². The average Bonchev–Trinajstić information content (AvgIpc) is 3.14. The Labute approximate surface area is 164 Å². The molecule has 0 radical (unpaired) electrons. The first kappa shape index (κ1) is 20.3. The van der Waals surface area contributed by atoms with Crippen molar-refractivity contribution in [3.63, 3.8) is 0 Å². The Morgan fingerprint density at radius 1 is 0.913 bits per heavy atom. The second kappa shape index (κ2) is 9.10. The van der Waals surface area contributed by atoms with Crippen molar-refractivity contribution in [2.24, 2.45) is 18.3 Å². The minimum absolute atomic E-state index is 0.419. The van der Waals surface area contributed by atoms with E-state index in [0.29, 0.717) is 11.8 Å². The number of hydrogen-bond acceptors (Lipinski definition) is 6. The van der Waals surface area contributed by atoms with Crippen LogP contribution < -0.4 is 0 Å². The molecule has 2 unspecified atom stereocenters. The number of thioether (sulfide) groups is 2. The molecular weight excluding hydrogens is 467 g/mol. The second-order valence-electron chi connectivity index (χ2n) is 6.64. The molecule has 128 valence electrons. The van der Waals surface area contributed by atoms with Crippen LogP contribution in [0.25, 0.3) is 0 Å². The molecule has 0 amide bonds. The Bertz CT molecular complexity index is 496. The first-order valence-corrected chi connectivity index (χ1v) is 19.7. The van der Waals surface area contributed by atoms with Crippen LogP contribution in [-0.4, -0.2) is 51.3 Å². The molecule has 2 nitrogen and oxygen atoms in total. The van der Waals surface area contributed by atoms with E-state index in [1.807, 2.05) is 0 Å². The van der Waals surface area contributed by atoms with E-state index in [1.165, 1.54) is 37.1 Å². The van der Waals surface area contributed by atoms with Gasteiger partial charge in [0, 0.05) is 0 Å². The van der Waals surface area contributed by atoms with Crippen molar-refractivity contribution in [2.45, 2.75) is 48.4 Å². The summed E-state index contributed by atoms with van der Waals surface area (Å²) >= 11 is 11.7. The predicted molar refractivity (Wildman–Crippen MR) is 119 cm³/mol. The van der Waals surface area contributed by atoms with Crippen molar-refractivity contribution >= 4 is 86.7 Å². The van der Waals surface area contributed by atoms with Gasteiger partial charge in [0.25, 0.3) is 0 Å². The molecule has 0 aliphatic heterocycles.